The standard InChI is InChI=1S/C49H68O8Si/c1-11-46(54-36-42-27-29-43(52-10)30-28-42)47(55-37-53-32-31-51-9)26-20-12-15-21-38(2)34-48(57-41(5)50)40(4)33-39(3)35-56-58(49(6,7)8,44-22-16-13-17-23-44)45-24-18-14-19-25-45/h11-19,21-25,27-30,33,40,46-48H,1,20,26,31-32,34-37H2,2-10H3/b15-12+,38-21+,39-33+/t40-,46+,47+,48-/m1/s1. The molecule has 0 radical (unpaired) electrons. The van der Waals surface area contributed by atoms with Crippen LogP contribution < -0.4 is 15.1 Å². The number of hydrogen-bond acceptors (Lipinski definition) is 8. The van der Waals surface area contributed by atoms with E-state index in [0.29, 0.717) is 39.3 Å². The molecular formula is C49H68O8Si. The Labute approximate surface area is 350 Å². The normalized spacial score (nSPS) is 14.8. The fraction of sp³-hybridized carbons (Fsp3) is 0.449. The van der Waals surface area contributed by atoms with Gasteiger partial charge in [0.15, 0.2) is 0 Å². The van der Waals surface area contributed by atoms with Crippen LogP contribution in [0.3, 0.4) is 0 Å². The predicted molar refractivity (Wildman–Crippen MR) is 238 cm³/mol. The lowest BCUT2D eigenvalue weighted by molar-refractivity contribution is -0.147. The molecule has 0 aromatic heterocycles. The van der Waals surface area contributed by atoms with E-state index in [-0.39, 0.29) is 42.0 Å². The molecule has 0 saturated heterocycles. The van der Waals surface area contributed by atoms with Crippen molar-refractivity contribution in [2.45, 2.75) is 97.7 Å². The number of esters is 1. The first-order valence-electron chi connectivity index (χ1n) is 20.3. The molecule has 0 fully saturated rings. The number of carbonyl (C=O) groups is 1. The third kappa shape index (κ3) is 15.6. The molecule has 9 heteroatoms. The van der Waals surface area contributed by atoms with E-state index in [1.54, 1.807) is 20.3 Å². The number of benzene rings is 3. The van der Waals surface area contributed by atoms with Crippen LogP contribution in [0.25, 0.3) is 0 Å². The third-order valence-corrected chi connectivity index (χ3v) is 15.0. The van der Waals surface area contributed by atoms with Crippen LogP contribution in [0.5, 0.6) is 5.75 Å². The average Bonchev–Trinajstić information content (AvgIpc) is 3.20. The second kappa shape index (κ2) is 25.4. The summed E-state index contributed by atoms with van der Waals surface area (Å²) in [4.78, 5) is 12.3. The van der Waals surface area contributed by atoms with Crippen LogP contribution >= 0.6 is 0 Å². The highest BCUT2D eigenvalue weighted by Gasteiger charge is 2.50. The molecule has 0 amide bonds. The molecule has 0 unspecified atom stereocenters. The predicted octanol–water partition coefficient (Wildman–Crippen LogP) is 9.54. The largest absolute Gasteiger partial charge is 0.497 e. The smallest absolute Gasteiger partial charge is 0.302 e. The molecule has 4 atom stereocenters. The first-order chi connectivity index (χ1) is 27.8. The summed E-state index contributed by atoms with van der Waals surface area (Å²) in [5, 5.41) is 2.37. The molecule has 0 heterocycles. The van der Waals surface area contributed by atoms with Crippen molar-refractivity contribution in [1.29, 1.82) is 0 Å². The molecule has 0 spiro atoms. The van der Waals surface area contributed by atoms with Gasteiger partial charge in [-0.2, -0.15) is 0 Å². The number of methoxy groups -OCH3 is 2. The maximum Gasteiger partial charge on any atom is 0.302 e. The first kappa shape index (κ1) is 48.3. The Bertz CT molecular complexity index is 1670. The molecule has 58 heavy (non-hydrogen) atoms. The Balaban J connectivity index is 1.67. The van der Waals surface area contributed by atoms with Crippen LogP contribution in [0.15, 0.2) is 133 Å². The van der Waals surface area contributed by atoms with E-state index in [1.807, 2.05) is 24.3 Å². The van der Waals surface area contributed by atoms with Gasteiger partial charge in [-0.1, -0.05) is 142 Å². The van der Waals surface area contributed by atoms with Crippen molar-refractivity contribution in [3.05, 3.63) is 139 Å². The highest BCUT2D eigenvalue weighted by Crippen LogP contribution is 2.37. The molecule has 3 aromatic carbocycles. The molecule has 3 rings (SSSR count). The Morgan fingerprint density at radius 3 is 2.02 bits per heavy atom. The summed E-state index contributed by atoms with van der Waals surface area (Å²) in [6.07, 6.45) is 11.4. The van der Waals surface area contributed by atoms with Gasteiger partial charge in [0.25, 0.3) is 8.32 Å². The van der Waals surface area contributed by atoms with Crippen molar-refractivity contribution in [2.24, 2.45) is 5.92 Å². The minimum absolute atomic E-state index is 0.0308. The van der Waals surface area contributed by atoms with Crippen molar-refractivity contribution < 1.29 is 37.6 Å². The summed E-state index contributed by atoms with van der Waals surface area (Å²) >= 11 is 0. The SMILES string of the molecule is C=C[C@H](OCc1ccc(OC)cc1)[C@H](CC/C=C/C=C(\C)C[C@@H](OC(C)=O)[C@H](C)/C=C(\C)CO[Si](c1ccccc1)(c1ccccc1)C(C)(C)C)OCOCCOC. The molecule has 0 N–H and O–H groups in total. The zero-order valence-corrected chi connectivity index (χ0v) is 37.4. The van der Waals surface area contributed by atoms with Crippen molar-refractivity contribution in [2.75, 3.05) is 40.8 Å². The van der Waals surface area contributed by atoms with E-state index in [0.717, 1.165) is 28.9 Å². The monoisotopic (exact) mass is 812 g/mol. The minimum Gasteiger partial charge on any atom is -0.497 e. The molecule has 316 valence electrons. The van der Waals surface area contributed by atoms with Crippen LogP contribution in [0, 0.1) is 5.92 Å². The van der Waals surface area contributed by atoms with Crippen LogP contribution in [-0.2, 0) is 39.5 Å². The summed E-state index contributed by atoms with van der Waals surface area (Å²) in [5.41, 5.74) is 3.24. The summed E-state index contributed by atoms with van der Waals surface area (Å²) in [6, 6.07) is 29.1. The molecule has 0 aliphatic carbocycles. The van der Waals surface area contributed by atoms with E-state index < -0.39 is 8.32 Å². The fourth-order valence-corrected chi connectivity index (χ4v) is 11.6. The lowest BCUT2D eigenvalue weighted by Crippen LogP contribution is -2.66. The van der Waals surface area contributed by atoms with Gasteiger partial charge in [0.2, 0.25) is 0 Å². The zero-order valence-electron chi connectivity index (χ0n) is 36.4. The highest BCUT2D eigenvalue weighted by atomic mass is 28.4. The molecule has 0 aliphatic rings. The second-order valence-electron chi connectivity index (χ2n) is 15.8. The maximum absolute atomic E-state index is 12.3. The lowest BCUT2D eigenvalue weighted by atomic mass is 9.95. The minimum atomic E-state index is -2.69. The Hall–Kier alpha value is -4.09. The van der Waals surface area contributed by atoms with E-state index in [9.17, 15) is 4.79 Å². The van der Waals surface area contributed by atoms with E-state index >= 15 is 0 Å². The number of hydrogen-bond donors (Lipinski definition) is 0. The number of rotatable bonds is 26. The summed E-state index contributed by atoms with van der Waals surface area (Å²) in [7, 11) is 0.597. The van der Waals surface area contributed by atoms with Crippen molar-refractivity contribution in [3.8, 4) is 5.75 Å². The zero-order chi connectivity index (χ0) is 42.4. The van der Waals surface area contributed by atoms with Gasteiger partial charge in [0.1, 0.15) is 24.8 Å². The van der Waals surface area contributed by atoms with E-state index in [1.165, 1.54) is 17.3 Å². The summed E-state index contributed by atoms with van der Waals surface area (Å²) in [5.74, 6) is 0.473. The Morgan fingerprint density at radius 2 is 1.47 bits per heavy atom. The van der Waals surface area contributed by atoms with Gasteiger partial charge in [0.05, 0.1) is 39.6 Å². The number of ether oxygens (including phenoxy) is 6. The van der Waals surface area contributed by atoms with Gasteiger partial charge in [0, 0.05) is 26.4 Å². The average molecular weight is 813 g/mol. The quantitative estimate of drug-likeness (QED) is 0.0198. The van der Waals surface area contributed by atoms with Gasteiger partial charge in [-0.3, -0.25) is 4.79 Å². The van der Waals surface area contributed by atoms with E-state index in [4.69, 9.17) is 32.8 Å². The lowest BCUT2D eigenvalue weighted by Gasteiger charge is -2.43. The van der Waals surface area contributed by atoms with Gasteiger partial charge in [-0.25, -0.2) is 0 Å². The number of allylic oxidation sites excluding steroid dienone is 3. The van der Waals surface area contributed by atoms with Crippen molar-refractivity contribution in [1.82, 2.24) is 0 Å². The van der Waals surface area contributed by atoms with Crippen LogP contribution in [-0.4, -0.2) is 73.4 Å². The topological polar surface area (TPSA) is 81.7 Å². The van der Waals surface area contributed by atoms with Gasteiger partial charge >= 0.3 is 5.97 Å². The van der Waals surface area contributed by atoms with Gasteiger partial charge in [-0.15, -0.1) is 6.58 Å². The maximum atomic E-state index is 12.3. The van der Waals surface area contributed by atoms with Crippen molar-refractivity contribution >= 4 is 24.7 Å². The molecule has 0 saturated carbocycles. The number of carbonyl (C=O) groups excluding carboxylic acids is 1. The molecule has 0 bridgehead atoms. The molecule has 8 nitrogen and oxygen atoms in total. The third-order valence-electron chi connectivity index (χ3n) is 10.0. The summed E-state index contributed by atoms with van der Waals surface area (Å²) < 4.78 is 41.4. The molecule has 3 aromatic rings. The molecular weight excluding hydrogens is 745 g/mol. The van der Waals surface area contributed by atoms with Crippen LogP contribution in [0.1, 0.15) is 73.3 Å². The highest BCUT2D eigenvalue weighted by molar-refractivity contribution is 6.99. The Kier molecular flexibility index (Phi) is 21.1. The second-order valence-corrected chi connectivity index (χ2v) is 20.1. The molecule has 0 aliphatic heterocycles. The van der Waals surface area contributed by atoms with Crippen molar-refractivity contribution in [3.63, 3.8) is 0 Å². The van der Waals surface area contributed by atoms with Crippen LogP contribution in [0.2, 0.25) is 5.04 Å². The van der Waals surface area contributed by atoms with Crippen LogP contribution in [0.4, 0.5) is 0 Å². The fourth-order valence-electron chi connectivity index (χ4n) is 7.03. The summed E-state index contributed by atoms with van der Waals surface area (Å²) in [6.45, 7) is 20.6. The Morgan fingerprint density at radius 1 is 0.828 bits per heavy atom. The van der Waals surface area contributed by atoms with Gasteiger partial charge in [-0.05, 0) is 59.8 Å². The van der Waals surface area contributed by atoms with E-state index in [2.05, 4.69) is 133 Å². The van der Waals surface area contributed by atoms with Gasteiger partial charge < -0.3 is 32.8 Å². The first-order valence-corrected chi connectivity index (χ1v) is 22.2.